The molecule has 0 radical (unpaired) electrons. The molecule has 4 rings (SSSR count). The Morgan fingerprint density at radius 3 is 2.56 bits per heavy atom. The maximum Gasteiger partial charge on any atom is 0.277 e. The molecule has 0 bridgehead atoms. The zero-order valence-corrected chi connectivity index (χ0v) is 16.2. The molecule has 0 spiro atoms. The van der Waals surface area contributed by atoms with Crippen LogP contribution in [0.3, 0.4) is 0 Å². The first-order valence-corrected chi connectivity index (χ1v) is 10.4. The van der Waals surface area contributed by atoms with Gasteiger partial charge in [-0.05, 0) is 31.1 Å². The van der Waals surface area contributed by atoms with Gasteiger partial charge in [-0.25, -0.2) is 4.98 Å². The summed E-state index contributed by atoms with van der Waals surface area (Å²) in [5, 5.41) is 0.852. The molecule has 1 aromatic heterocycles. The minimum Gasteiger partial charge on any atom is -0.338 e. The highest BCUT2D eigenvalue weighted by atomic mass is 32.1. The largest absolute Gasteiger partial charge is 0.338 e. The predicted octanol–water partition coefficient (Wildman–Crippen LogP) is 0.659. The van der Waals surface area contributed by atoms with Gasteiger partial charge in [-0.3, -0.25) is 9.59 Å². The van der Waals surface area contributed by atoms with Crippen molar-refractivity contribution >= 4 is 39.4 Å². The maximum absolute atomic E-state index is 12.5. The van der Waals surface area contributed by atoms with Crippen LogP contribution in [0.5, 0.6) is 0 Å². The van der Waals surface area contributed by atoms with Gasteiger partial charge in [0.15, 0.2) is 6.54 Å². The molecule has 2 amide bonds. The van der Waals surface area contributed by atoms with Gasteiger partial charge in [-0.15, -0.1) is 11.3 Å². The SMILES string of the molecule is O=C(/C=C/c1nc2ccccc2s1)N1CC[NH+](CC(=O)N2CCCC2)CC1. The number of rotatable bonds is 4. The number of thiazole rings is 1. The quantitative estimate of drug-likeness (QED) is 0.787. The lowest BCUT2D eigenvalue weighted by atomic mass is 10.3. The first-order valence-electron chi connectivity index (χ1n) is 9.63. The summed E-state index contributed by atoms with van der Waals surface area (Å²) in [6.07, 6.45) is 5.69. The predicted molar refractivity (Wildman–Crippen MR) is 107 cm³/mol. The number of amides is 2. The van der Waals surface area contributed by atoms with Crippen LogP contribution >= 0.6 is 11.3 Å². The van der Waals surface area contributed by atoms with Gasteiger partial charge in [0.05, 0.1) is 36.4 Å². The normalized spacial score (nSPS) is 18.7. The Hall–Kier alpha value is -2.25. The number of fused-ring (bicyclic) bond motifs is 1. The molecule has 0 aliphatic carbocycles. The van der Waals surface area contributed by atoms with E-state index in [0.29, 0.717) is 19.6 Å². The number of nitrogens with one attached hydrogen (secondary N) is 1. The number of para-hydroxylation sites is 1. The van der Waals surface area contributed by atoms with Crippen molar-refractivity contribution in [3.8, 4) is 0 Å². The third kappa shape index (κ3) is 4.36. The van der Waals surface area contributed by atoms with Crippen molar-refractivity contribution in [1.29, 1.82) is 0 Å². The van der Waals surface area contributed by atoms with Gasteiger partial charge in [-0.2, -0.15) is 0 Å². The third-order valence-corrected chi connectivity index (χ3v) is 6.32. The summed E-state index contributed by atoms with van der Waals surface area (Å²) in [6, 6.07) is 7.99. The van der Waals surface area contributed by atoms with E-state index in [2.05, 4.69) is 4.98 Å². The number of piperazine rings is 1. The number of carbonyl (C=O) groups is 2. The average molecular weight is 386 g/mol. The van der Waals surface area contributed by atoms with Gasteiger partial charge < -0.3 is 14.7 Å². The molecule has 2 saturated heterocycles. The lowest BCUT2D eigenvalue weighted by Crippen LogP contribution is -3.15. The molecule has 2 aliphatic heterocycles. The second-order valence-electron chi connectivity index (χ2n) is 7.19. The summed E-state index contributed by atoms with van der Waals surface area (Å²) in [6.45, 7) is 5.45. The van der Waals surface area contributed by atoms with Crippen LogP contribution in [0.2, 0.25) is 0 Å². The van der Waals surface area contributed by atoms with E-state index in [1.54, 1.807) is 17.4 Å². The zero-order chi connectivity index (χ0) is 18.6. The molecule has 2 aliphatic rings. The lowest BCUT2D eigenvalue weighted by Gasteiger charge is -2.32. The number of benzene rings is 1. The summed E-state index contributed by atoms with van der Waals surface area (Å²) < 4.78 is 1.13. The molecule has 0 atom stereocenters. The number of quaternary nitrogens is 1. The zero-order valence-electron chi connectivity index (χ0n) is 15.4. The first kappa shape index (κ1) is 18.1. The van der Waals surface area contributed by atoms with Crippen molar-refractivity contribution in [1.82, 2.24) is 14.8 Å². The van der Waals surface area contributed by atoms with E-state index >= 15 is 0 Å². The van der Waals surface area contributed by atoms with Gasteiger partial charge in [-0.1, -0.05) is 12.1 Å². The smallest absolute Gasteiger partial charge is 0.277 e. The van der Waals surface area contributed by atoms with Crippen LogP contribution in [0.25, 0.3) is 16.3 Å². The first-order chi connectivity index (χ1) is 13.2. The van der Waals surface area contributed by atoms with Crippen LogP contribution in [0.1, 0.15) is 17.8 Å². The number of aromatic nitrogens is 1. The van der Waals surface area contributed by atoms with E-state index in [1.165, 1.54) is 4.90 Å². The molecular weight excluding hydrogens is 360 g/mol. The van der Waals surface area contributed by atoms with Crippen molar-refractivity contribution in [3.63, 3.8) is 0 Å². The van der Waals surface area contributed by atoms with Crippen LogP contribution in [-0.4, -0.2) is 72.4 Å². The summed E-state index contributed by atoms with van der Waals surface area (Å²) in [7, 11) is 0. The van der Waals surface area contributed by atoms with Crippen molar-refractivity contribution in [3.05, 3.63) is 35.3 Å². The topological polar surface area (TPSA) is 58.0 Å². The number of hydrogen-bond donors (Lipinski definition) is 1. The number of nitrogens with zero attached hydrogens (tertiary/aromatic N) is 3. The fourth-order valence-corrected chi connectivity index (χ4v) is 4.59. The maximum atomic E-state index is 12.5. The number of carbonyl (C=O) groups excluding carboxylic acids is 2. The van der Waals surface area contributed by atoms with Crippen molar-refractivity contribution in [2.45, 2.75) is 12.8 Å². The standard InChI is InChI=1S/C20H24N4O2S/c25-19(8-7-18-21-16-5-1-2-6-17(16)27-18)24-13-11-22(12-14-24)15-20(26)23-9-3-4-10-23/h1-2,5-8H,3-4,9-15H2/p+1/b8-7+. The molecule has 1 N–H and O–H groups in total. The van der Waals surface area contributed by atoms with Crippen molar-refractivity contribution in [2.75, 3.05) is 45.8 Å². The molecule has 2 aromatic rings. The Morgan fingerprint density at radius 2 is 1.81 bits per heavy atom. The fourth-order valence-electron chi connectivity index (χ4n) is 3.72. The minimum absolute atomic E-state index is 0.0270. The van der Waals surface area contributed by atoms with Gasteiger partial charge >= 0.3 is 0 Å². The highest BCUT2D eigenvalue weighted by molar-refractivity contribution is 7.19. The highest BCUT2D eigenvalue weighted by Crippen LogP contribution is 2.22. The van der Waals surface area contributed by atoms with E-state index in [9.17, 15) is 9.59 Å². The number of likely N-dealkylation sites (tertiary alicyclic amines) is 1. The molecule has 142 valence electrons. The van der Waals surface area contributed by atoms with Gasteiger partial charge in [0.2, 0.25) is 5.91 Å². The highest BCUT2D eigenvalue weighted by Gasteiger charge is 2.27. The number of hydrogen-bond acceptors (Lipinski definition) is 4. The minimum atomic E-state index is 0.0270. The molecule has 27 heavy (non-hydrogen) atoms. The molecular formula is C20H25N4O2S+. The van der Waals surface area contributed by atoms with E-state index in [4.69, 9.17) is 0 Å². The summed E-state index contributed by atoms with van der Waals surface area (Å²) >= 11 is 1.59. The van der Waals surface area contributed by atoms with Crippen molar-refractivity contribution < 1.29 is 14.5 Å². The van der Waals surface area contributed by atoms with Crippen LogP contribution < -0.4 is 4.90 Å². The van der Waals surface area contributed by atoms with Crippen LogP contribution in [0.15, 0.2) is 30.3 Å². The molecule has 1 aromatic carbocycles. The Bertz CT molecular complexity index is 816. The molecule has 3 heterocycles. The summed E-state index contributed by atoms with van der Waals surface area (Å²) in [4.78, 5) is 34.4. The van der Waals surface area contributed by atoms with Crippen molar-refractivity contribution in [2.24, 2.45) is 0 Å². The van der Waals surface area contributed by atoms with Gasteiger partial charge in [0, 0.05) is 19.2 Å². The van der Waals surface area contributed by atoms with Crippen LogP contribution in [0.4, 0.5) is 0 Å². The second kappa shape index (κ2) is 8.19. The summed E-state index contributed by atoms with van der Waals surface area (Å²) in [5.41, 5.74) is 0.967. The molecule has 7 heteroatoms. The Kier molecular flexibility index (Phi) is 5.50. The molecule has 0 saturated carbocycles. The molecule has 0 unspecified atom stereocenters. The molecule has 2 fully saturated rings. The summed E-state index contributed by atoms with van der Waals surface area (Å²) in [5.74, 6) is 0.289. The average Bonchev–Trinajstić information content (AvgIpc) is 3.36. The van der Waals surface area contributed by atoms with Gasteiger partial charge in [0.1, 0.15) is 5.01 Å². The Morgan fingerprint density at radius 1 is 1.07 bits per heavy atom. The van der Waals surface area contributed by atoms with Gasteiger partial charge in [0.25, 0.3) is 5.91 Å². The van der Waals surface area contributed by atoms with Crippen LogP contribution in [-0.2, 0) is 9.59 Å². The molecule has 6 nitrogen and oxygen atoms in total. The Labute approximate surface area is 163 Å². The monoisotopic (exact) mass is 385 g/mol. The Balaban J connectivity index is 1.27. The van der Waals surface area contributed by atoms with E-state index in [1.807, 2.05) is 40.1 Å². The van der Waals surface area contributed by atoms with Crippen LogP contribution in [0, 0.1) is 0 Å². The van der Waals surface area contributed by atoms with E-state index in [0.717, 1.165) is 54.2 Å². The van der Waals surface area contributed by atoms with E-state index < -0.39 is 0 Å². The lowest BCUT2D eigenvalue weighted by molar-refractivity contribution is -0.896. The fraction of sp³-hybridized carbons (Fsp3) is 0.450. The third-order valence-electron chi connectivity index (χ3n) is 5.32. The second-order valence-corrected chi connectivity index (χ2v) is 8.26. The van der Waals surface area contributed by atoms with E-state index in [-0.39, 0.29) is 11.8 Å².